The van der Waals surface area contributed by atoms with Gasteiger partial charge in [-0.1, -0.05) is 32.0 Å². The van der Waals surface area contributed by atoms with Crippen LogP contribution in [-0.4, -0.2) is 24.0 Å². The molecule has 1 aliphatic carbocycles. The van der Waals surface area contributed by atoms with Crippen molar-refractivity contribution in [2.24, 2.45) is 0 Å². The lowest BCUT2D eigenvalue weighted by Gasteiger charge is -2.15. The predicted molar refractivity (Wildman–Crippen MR) is 82.7 cm³/mol. The molecule has 0 radical (unpaired) electrons. The van der Waals surface area contributed by atoms with Gasteiger partial charge in [-0.2, -0.15) is 0 Å². The number of benzene rings is 1. The minimum absolute atomic E-state index is 0.484. The highest BCUT2D eigenvalue weighted by Gasteiger charge is 2.27. The van der Waals surface area contributed by atoms with E-state index >= 15 is 0 Å². The zero-order chi connectivity index (χ0) is 14.1. The molecule has 1 aromatic carbocycles. The van der Waals surface area contributed by atoms with Gasteiger partial charge in [0.25, 0.3) is 0 Å². The van der Waals surface area contributed by atoms with E-state index < -0.39 is 0 Å². The number of para-hydroxylation sites is 1. The van der Waals surface area contributed by atoms with Crippen LogP contribution in [0.15, 0.2) is 28.7 Å². The molecule has 0 atom stereocenters. The number of rotatable bonds is 6. The van der Waals surface area contributed by atoms with E-state index in [4.69, 9.17) is 4.42 Å². The molecule has 3 rings (SSSR count). The minimum Gasteiger partial charge on any atom is -0.459 e. The predicted octanol–water partition coefficient (Wildman–Crippen LogP) is 3.53. The molecule has 3 nitrogen and oxygen atoms in total. The molecule has 108 valence electrons. The van der Waals surface area contributed by atoms with Crippen LogP contribution in [0.4, 0.5) is 0 Å². The number of furan rings is 1. The van der Waals surface area contributed by atoms with E-state index in [9.17, 15) is 0 Å². The van der Waals surface area contributed by atoms with Crippen LogP contribution in [0.2, 0.25) is 0 Å². The SMILES string of the molecule is CC(C)NCc1c(CN(C)C2CC2)oc2ccccc12. The summed E-state index contributed by atoms with van der Waals surface area (Å²) in [7, 11) is 2.20. The Morgan fingerprint density at radius 2 is 2.05 bits per heavy atom. The minimum atomic E-state index is 0.484. The average Bonchev–Trinajstić information content (AvgIpc) is 3.20. The zero-order valence-electron chi connectivity index (χ0n) is 12.6. The largest absolute Gasteiger partial charge is 0.459 e. The Morgan fingerprint density at radius 3 is 2.75 bits per heavy atom. The van der Waals surface area contributed by atoms with Crippen LogP contribution in [0.1, 0.15) is 38.0 Å². The molecule has 1 saturated carbocycles. The lowest BCUT2D eigenvalue weighted by Crippen LogP contribution is -2.24. The van der Waals surface area contributed by atoms with Gasteiger partial charge in [0.05, 0.1) is 6.54 Å². The van der Waals surface area contributed by atoms with Crippen molar-refractivity contribution in [2.75, 3.05) is 7.05 Å². The van der Waals surface area contributed by atoms with Gasteiger partial charge in [-0.05, 0) is 26.0 Å². The Hall–Kier alpha value is -1.32. The average molecular weight is 272 g/mol. The molecule has 1 fully saturated rings. The number of fused-ring (bicyclic) bond motifs is 1. The number of nitrogens with one attached hydrogen (secondary N) is 1. The van der Waals surface area contributed by atoms with Crippen molar-refractivity contribution in [3.05, 3.63) is 35.6 Å². The second-order valence-electron chi connectivity index (χ2n) is 6.18. The van der Waals surface area contributed by atoms with Crippen LogP contribution >= 0.6 is 0 Å². The van der Waals surface area contributed by atoms with Gasteiger partial charge in [0, 0.05) is 29.6 Å². The maximum absolute atomic E-state index is 6.10. The molecule has 0 amide bonds. The Balaban J connectivity index is 1.89. The Bertz CT molecular complexity index is 584. The van der Waals surface area contributed by atoms with Gasteiger partial charge < -0.3 is 9.73 Å². The van der Waals surface area contributed by atoms with Crippen LogP contribution in [0, 0.1) is 0 Å². The summed E-state index contributed by atoms with van der Waals surface area (Å²) in [6.45, 7) is 6.15. The number of hydrogen-bond donors (Lipinski definition) is 1. The van der Waals surface area contributed by atoms with E-state index in [1.54, 1.807) is 0 Å². The smallest absolute Gasteiger partial charge is 0.134 e. The topological polar surface area (TPSA) is 28.4 Å². The fraction of sp³-hybridized carbons (Fsp3) is 0.529. The highest BCUT2D eigenvalue weighted by atomic mass is 16.3. The Kier molecular flexibility index (Phi) is 3.81. The van der Waals surface area contributed by atoms with Crippen molar-refractivity contribution in [2.45, 2.75) is 51.9 Å². The van der Waals surface area contributed by atoms with Crippen molar-refractivity contribution in [3.63, 3.8) is 0 Å². The Labute approximate surface area is 120 Å². The first-order valence-electron chi connectivity index (χ1n) is 7.58. The molecule has 0 aliphatic heterocycles. The van der Waals surface area contributed by atoms with E-state index in [0.29, 0.717) is 6.04 Å². The maximum Gasteiger partial charge on any atom is 0.134 e. The van der Waals surface area contributed by atoms with Gasteiger partial charge in [-0.25, -0.2) is 0 Å². The summed E-state index contributed by atoms with van der Waals surface area (Å²) in [5.74, 6) is 1.12. The summed E-state index contributed by atoms with van der Waals surface area (Å²) in [6.07, 6.45) is 2.66. The molecule has 20 heavy (non-hydrogen) atoms. The molecule has 0 spiro atoms. The Morgan fingerprint density at radius 1 is 1.30 bits per heavy atom. The third-order valence-corrected chi connectivity index (χ3v) is 4.03. The second kappa shape index (κ2) is 5.58. The first-order valence-corrected chi connectivity index (χ1v) is 7.58. The maximum atomic E-state index is 6.10. The third kappa shape index (κ3) is 2.89. The molecule has 2 aromatic rings. The van der Waals surface area contributed by atoms with Crippen molar-refractivity contribution < 1.29 is 4.42 Å². The summed E-state index contributed by atoms with van der Waals surface area (Å²) >= 11 is 0. The highest BCUT2D eigenvalue weighted by Crippen LogP contribution is 2.31. The van der Waals surface area contributed by atoms with E-state index in [1.807, 2.05) is 6.07 Å². The quantitative estimate of drug-likeness (QED) is 0.872. The lowest BCUT2D eigenvalue weighted by molar-refractivity contribution is 0.287. The van der Waals surface area contributed by atoms with Gasteiger partial charge in [0.2, 0.25) is 0 Å². The molecular formula is C17H24N2O. The van der Waals surface area contributed by atoms with Crippen LogP contribution in [0.5, 0.6) is 0 Å². The fourth-order valence-corrected chi connectivity index (χ4v) is 2.65. The normalized spacial score (nSPS) is 15.7. The zero-order valence-corrected chi connectivity index (χ0v) is 12.6. The first kappa shape index (κ1) is 13.7. The monoisotopic (exact) mass is 272 g/mol. The van der Waals surface area contributed by atoms with Crippen molar-refractivity contribution >= 4 is 11.0 Å². The molecular weight excluding hydrogens is 248 g/mol. The summed E-state index contributed by atoms with van der Waals surface area (Å²) in [5, 5.41) is 4.77. The summed E-state index contributed by atoms with van der Waals surface area (Å²) in [5.41, 5.74) is 2.33. The molecule has 3 heteroatoms. The summed E-state index contributed by atoms with van der Waals surface area (Å²) in [4.78, 5) is 2.41. The van der Waals surface area contributed by atoms with Crippen molar-refractivity contribution in [1.29, 1.82) is 0 Å². The third-order valence-electron chi connectivity index (χ3n) is 4.03. The van der Waals surface area contributed by atoms with E-state index in [0.717, 1.165) is 30.5 Å². The standard InChI is InChI=1S/C17H24N2O/c1-12(2)18-10-15-14-6-4-5-7-16(14)20-17(15)11-19(3)13-8-9-13/h4-7,12-13,18H,8-11H2,1-3H3. The van der Waals surface area contributed by atoms with Crippen LogP contribution in [-0.2, 0) is 13.1 Å². The molecule has 0 bridgehead atoms. The van der Waals surface area contributed by atoms with E-state index in [-0.39, 0.29) is 0 Å². The van der Waals surface area contributed by atoms with Crippen LogP contribution < -0.4 is 5.32 Å². The summed E-state index contributed by atoms with van der Waals surface area (Å²) in [6, 6.07) is 9.60. The van der Waals surface area contributed by atoms with Gasteiger partial charge in [0.15, 0.2) is 0 Å². The molecule has 1 aromatic heterocycles. The van der Waals surface area contributed by atoms with Gasteiger partial charge in [-0.3, -0.25) is 4.90 Å². The van der Waals surface area contributed by atoms with Crippen LogP contribution in [0.3, 0.4) is 0 Å². The number of nitrogens with zero attached hydrogens (tertiary/aromatic N) is 1. The molecule has 1 N–H and O–H groups in total. The van der Waals surface area contributed by atoms with Gasteiger partial charge in [-0.15, -0.1) is 0 Å². The van der Waals surface area contributed by atoms with Crippen molar-refractivity contribution in [3.8, 4) is 0 Å². The molecule has 0 saturated heterocycles. The lowest BCUT2D eigenvalue weighted by atomic mass is 10.1. The number of hydrogen-bond acceptors (Lipinski definition) is 3. The highest BCUT2D eigenvalue weighted by molar-refractivity contribution is 5.82. The van der Waals surface area contributed by atoms with Gasteiger partial charge in [0.1, 0.15) is 11.3 Å². The first-order chi connectivity index (χ1) is 9.65. The van der Waals surface area contributed by atoms with Gasteiger partial charge >= 0.3 is 0 Å². The van der Waals surface area contributed by atoms with E-state index in [2.05, 4.69) is 49.3 Å². The van der Waals surface area contributed by atoms with Crippen LogP contribution in [0.25, 0.3) is 11.0 Å². The molecule has 0 unspecified atom stereocenters. The van der Waals surface area contributed by atoms with Crippen molar-refractivity contribution in [1.82, 2.24) is 10.2 Å². The summed E-state index contributed by atoms with van der Waals surface area (Å²) < 4.78 is 6.10. The molecule has 1 aliphatic rings. The second-order valence-corrected chi connectivity index (χ2v) is 6.18. The van der Waals surface area contributed by atoms with E-state index in [1.165, 1.54) is 23.8 Å². The molecule has 1 heterocycles. The fourth-order valence-electron chi connectivity index (χ4n) is 2.65.